The van der Waals surface area contributed by atoms with E-state index in [9.17, 15) is 4.39 Å². The van der Waals surface area contributed by atoms with Gasteiger partial charge in [-0.3, -0.25) is 0 Å². The zero-order valence-electron chi connectivity index (χ0n) is 10.0. The molecule has 1 aromatic heterocycles. The zero-order chi connectivity index (χ0) is 12.3. The van der Waals surface area contributed by atoms with E-state index in [1.54, 1.807) is 24.3 Å². The third-order valence-corrected chi connectivity index (χ3v) is 3.62. The van der Waals surface area contributed by atoms with E-state index in [-0.39, 0.29) is 11.9 Å². The molecule has 90 valence electrons. The van der Waals surface area contributed by atoms with Crippen LogP contribution in [0.15, 0.2) is 35.0 Å². The summed E-state index contributed by atoms with van der Waals surface area (Å²) in [4.78, 5) is 0. The summed E-state index contributed by atoms with van der Waals surface area (Å²) in [5.41, 5.74) is 2.96. The molecule has 0 bridgehead atoms. The molecule has 0 aliphatic carbocycles. The third kappa shape index (κ3) is 3.14. The molecule has 1 nitrogen and oxygen atoms in total. The first-order valence-corrected chi connectivity index (χ1v) is 6.61. The highest BCUT2D eigenvalue weighted by Crippen LogP contribution is 2.17. The van der Waals surface area contributed by atoms with Crippen LogP contribution in [0.4, 0.5) is 4.39 Å². The number of halogens is 1. The Labute approximate surface area is 105 Å². The highest BCUT2D eigenvalue weighted by molar-refractivity contribution is 7.07. The summed E-state index contributed by atoms with van der Waals surface area (Å²) >= 11 is 1.69. The predicted octanol–water partition coefficient (Wildman–Crippen LogP) is 4.05. The Morgan fingerprint density at radius 1 is 1.35 bits per heavy atom. The van der Waals surface area contributed by atoms with Gasteiger partial charge < -0.3 is 5.32 Å². The van der Waals surface area contributed by atoms with Crippen LogP contribution in [0.25, 0.3) is 0 Å². The number of nitrogens with one attached hydrogen (secondary N) is 1. The van der Waals surface area contributed by atoms with Crippen molar-refractivity contribution in [3.05, 3.63) is 57.5 Å². The minimum atomic E-state index is -0.133. The van der Waals surface area contributed by atoms with Gasteiger partial charge >= 0.3 is 0 Å². The lowest BCUT2D eigenvalue weighted by molar-refractivity contribution is 0.564. The van der Waals surface area contributed by atoms with Crippen LogP contribution >= 0.6 is 11.3 Å². The van der Waals surface area contributed by atoms with Crippen LogP contribution in [0.3, 0.4) is 0 Å². The molecule has 1 unspecified atom stereocenters. The second kappa shape index (κ2) is 5.43. The van der Waals surface area contributed by atoms with Crippen LogP contribution in [0.2, 0.25) is 0 Å². The Bertz CT molecular complexity index is 479. The molecule has 1 heterocycles. The van der Waals surface area contributed by atoms with Gasteiger partial charge in [-0.25, -0.2) is 4.39 Å². The van der Waals surface area contributed by atoms with Crippen molar-refractivity contribution in [2.45, 2.75) is 26.4 Å². The summed E-state index contributed by atoms with van der Waals surface area (Å²) in [5.74, 6) is -0.133. The fourth-order valence-corrected chi connectivity index (χ4v) is 2.33. The van der Waals surface area contributed by atoms with Crippen molar-refractivity contribution in [1.82, 2.24) is 5.32 Å². The highest BCUT2D eigenvalue weighted by Gasteiger charge is 2.07. The van der Waals surface area contributed by atoms with Gasteiger partial charge in [-0.05, 0) is 53.4 Å². The number of benzene rings is 1. The van der Waals surface area contributed by atoms with Crippen molar-refractivity contribution < 1.29 is 4.39 Å². The molecule has 1 N–H and O–H groups in total. The van der Waals surface area contributed by atoms with Gasteiger partial charge in [0.1, 0.15) is 5.82 Å². The first kappa shape index (κ1) is 12.3. The third-order valence-electron chi connectivity index (χ3n) is 2.89. The molecule has 17 heavy (non-hydrogen) atoms. The summed E-state index contributed by atoms with van der Waals surface area (Å²) in [6, 6.07) is 7.67. The standard InChI is InChI=1S/C14H16FNS/c1-10-3-4-13(7-14(10)15)11(2)16-8-12-5-6-17-9-12/h3-7,9,11,16H,8H2,1-2H3. The van der Waals surface area contributed by atoms with Crippen LogP contribution in [0, 0.1) is 12.7 Å². The van der Waals surface area contributed by atoms with E-state index >= 15 is 0 Å². The molecule has 0 fully saturated rings. The largest absolute Gasteiger partial charge is 0.306 e. The van der Waals surface area contributed by atoms with E-state index in [4.69, 9.17) is 0 Å². The summed E-state index contributed by atoms with van der Waals surface area (Å²) in [5, 5.41) is 7.57. The molecule has 0 spiro atoms. The molecular formula is C14H16FNS. The molecule has 0 saturated heterocycles. The molecule has 0 amide bonds. The van der Waals surface area contributed by atoms with Gasteiger partial charge in [0.25, 0.3) is 0 Å². The Hall–Kier alpha value is -1.19. The molecule has 0 aliphatic rings. The molecule has 2 aromatic rings. The normalized spacial score (nSPS) is 12.6. The Morgan fingerprint density at radius 2 is 2.18 bits per heavy atom. The molecule has 3 heteroatoms. The van der Waals surface area contributed by atoms with Gasteiger partial charge in [-0.2, -0.15) is 11.3 Å². The van der Waals surface area contributed by atoms with Crippen molar-refractivity contribution >= 4 is 11.3 Å². The number of thiophene rings is 1. The van der Waals surface area contributed by atoms with Crippen LogP contribution < -0.4 is 5.32 Å². The number of hydrogen-bond acceptors (Lipinski definition) is 2. The second-order valence-electron chi connectivity index (χ2n) is 4.24. The van der Waals surface area contributed by atoms with Gasteiger partial charge in [0.2, 0.25) is 0 Å². The first-order chi connectivity index (χ1) is 8.16. The lowest BCUT2D eigenvalue weighted by atomic mass is 10.1. The topological polar surface area (TPSA) is 12.0 Å². The molecule has 0 radical (unpaired) electrons. The van der Waals surface area contributed by atoms with Gasteiger partial charge in [0.05, 0.1) is 0 Å². The van der Waals surface area contributed by atoms with Crippen molar-refractivity contribution in [2.24, 2.45) is 0 Å². The van der Waals surface area contributed by atoms with E-state index in [2.05, 4.69) is 29.1 Å². The van der Waals surface area contributed by atoms with Crippen LogP contribution in [0.5, 0.6) is 0 Å². The molecule has 0 aliphatic heterocycles. The van der Waals surface area contributed by atoms with E-state index in [1.165, 1.54) is 5.56 Å². The number of rotatable bonds is 4. The van der Waals surface area contributed by atoms with E-state index in [0.717, 1.165) is 12.1 Å². The molecular weight excluding hydrogens is 233 g/mol. The molecule has 1 atom stereocenters. The Kier molecular flexibility index (Phi) is 3.92. The lowest BCUT2D eigenvalue weighted by Gasteiger charge is -2.14. The van der Waals surface area contributed by atoms with Crippen molar-refractivity contribution in [3.8, 4) is 0 Å². The van der Waals surface area contributed by atoms with Crippen molar-refractivity contribution in [1.29, 1.82) is 0 Å². The van der Waals surface area contributed by atoms with Gasteiger partial charge in [0.15, 0.2) is 0 Å². The minimum absolute atomic E-state index is 0.133. The highest BCUT2D eigenvalue weighted by atomic mass is 32.1. The molecule has 2 rings (SSSR count). The average molecular weight is 249 g/mol. The predicted molar refractivity (Wildman–Crippen MR) is 70.7 cm³/mol. The van der Waals surface area contributed by atoms with Gasteiger partial charge in [-0.1, -0.05) is 12.1 Å². The minimum Gasteiger partial charge on any atom is -0.306 e. The van der Waals surface area contributed by atoms with E-state index in [0.29, 0.717) is 5.56 Å². The monoisotopic (exact) mass is 249 g/mol. The van der Waals surface area contributed by atoms with Crippen molar-refractivity contribution in [3.63, 3.8) is 0 Å². The zero-order valence-corrected chi connectivity index (χ0v) is 10.9. The van der Waals surface area contributed by atoms with Crippen LogP contribution in [-0.2, 0) is 6.54 Å². The van der Waals surface area contributed by atoms with Crippen molar-refractivity contribution in [2.75, 3.05) is 0 Å². The first-order valence-electron chi connectivity index (χ1n) is 5.67. The fraction of sp³-hybridized carbons (Fsp3) is 0.286. The number of aryl methyl sites for hydroxylation is 1. The summed E-state index contributed by atoms with van der Waals surface area (Å²) in [6.45, 7) is 4.65. The lowest BCUT2D eigenvalue weighted by Crippen LogP contribution is -2.17. The molecule has 1 aromatic carbocycles. The summed E-state index contributed by atoms with van der Waals surface area (Å²) in [6.07, 6.45) is 0. The quantitative estimate of drug-likeness (QED) is 0.862. The van der Waals surface area contributed by atoms with Gasteiger partial charge in [-0.15, -0.1) is 0 Å². The maximum absolute atomic E-state index is 13.4. The Balaban J connectivity index is 1.99. The van der Waals surface area contributed by atoms with Crippen LogP contribution in [-0.4, -0.2) is 0 Å². The summed E-state index contributed by atoms with van der Waals surface area (Å²) < 4.78 is 13.4. The second-order valence-corrected chi connectivity index (χ2v) is 5.02. The van der Waals surface area contributed by atoms with Crippen LogP contribution in [0.1, 0.15) is 29.7 Å². The molecule has 0 saturated carbocycles. The van der Waals surface area contributed by atoms with Gasteiger partial charge in [0, 0.05) is 12.6 Å². The summed E-state index contributed by atoms with van der Waals surface area (Å²) in [7, 11) is 0. The fourth-order valence-electron chi connectivity index (χ4n) is 1.66. The Morgan fingerprint density at radius 3 is 2.82 bits per heavy atom. The van der Waals surface area contributed by atoms with E-state index < -0.39 is 0 Å². The maximum atomic E-state index is 13.4. The SMILES string of the molecule is Cc1ccc(C(C)NCc2ccsc2)cc1F. The average Bonchev–Trinajstić information content (AvgIpc) is 2.82. The van der Waals surface area contributed by atoms with E-state index in [1.807, 2.05) is 12.1 Å². The smallest absolute Gasteiger partial charge is 0.126 e. The maximum Gasteiger partial charge on any atom is 0.126 e. The number of hydrogen-bond donors (Lipinski definition) is 1.